The van der Waals surface area contributed by atoms with Gasteiger partial charge in [0.05, 0.1) is 0 Å². The fourth-order valence-electron chi connectivity index (χ4n) is 2.99. The van der Waals surface area contributed by atoms with Crippen LogP contribution in [0.15, 0.2) is 24.3 Å². The zero-order chi connectivity index (χ0) is 13.1. The van der Waals surface area contributed by atoms with E-state index in [9.17, 15) is 4.79 Å². The second-order valence-electron chi connectivity index (χ2n) is 5.39. The molecule has 1 aliphatic heterocycles. The minimum atomic E-state index is 0.0584. The van der Waals surface area contributed by atoms with Gasteiger partial charge in [-0.05, 0) is 24.5 Å². The van der Waals surface area contributed by atoms with Crippen molar-refractivity contribution < 1.29 is 4.79 Å². The summed E-state index contributed by atoms with van der Waals surface area (Å²) in [5.74, 6) is 0. The summed E-state index contributed by atoms with van der Waals surface area (Å²) in [4.78, 5) is 14.3. The molecule has 0 spiro atoms. The third-order valence-corrected chi connectivity index (χ3v) is 4.04. The van der Waals surface area contributed by atoms with Gasteiger partial charge in [-0.25, -0.2) is 4.79 Å². The van der Waals surface area contributed by atoms with E-state index in [1.807, 2.05) is 23.1 Å². The monoisotopic (exact) mass is 259 g/mol. The first-order valence-electron chi connectivity index (χ1n) is 7.21. The molecule has 4 nitrogen and oxygen atoms in total. The van der Waals surface area contributed by atoms with Gasteiger partial charge >= 0.3 is 6.03 Å². The summed E-state index contributed by atoms with van der Waals surface area (Å²) in [6.45, 7) is 2.41. The van der Waals surface area contributed by atoms with Crippen molar-refractivity contribution in [3.05, 3.63) is 29.8 Å². The molecule has 1 fully saturated rings. The van der Waals surface area contributed by atoms with Crippen molar-refractivity contribution in [3.63, 3.8) is 0 Å². The number of benzene rings is 1. The summed E-state index contributed by atoms with van der Waals surface area (Å²) in [7, 11) is 0. The minimum absolute atomic E-state index is 0.0584. The standard InChI is InChI=1S/C15H21N3O/c19-15(17-13-6-2-3-7-13)18-10-9-16-11-12-5-1-4-8-14(12)18/h1,4-5,8,13,16H,2-3,6-7,9-11H2,(H,17,19). The van der Waals surface area contributed by atoms with Crippen LogP contribution in [0.2, 0.25) is 0 Å². The molecule has 1 heterocycles. The first-order valence-corrected chi connectivity index (χ1v) is 7.21. The van der Waals surface area contributed by atoms with Crippen LogP contribution in [-0.4, -0.2) is 25.2 Å². The van der Waals surface area contributed by atoms with E-state index < -0.39 is 0 Å². The number of amides is 2. The lowest BCUT2D eigenvalue weighted by molar-refractivity contribution is 0.242. The highest BCUT2D eigenvalue weighted by atomic mass is 16.2. The van der Waals surface area contributed by atoms with Gasteiger partial charge in [0.15, 0.2) is 0 Å². The SMILES string of the molecule is O=C(NC1CCCC1)N1CCNCc2ccccc21. The fourth-order valence-corrected chi connectivity index (χ4v) is 2.99. The largest absolute Gasteiger partial charge is 0.335 e. The zero-order valence-corrected chi connectivity index (χ0v) is 11.2. The average Bonchev–Trinajstić information content (AvgIpc) is 2.83. The van der Waals surface area contributed by atoms with Crippen LogP contribution in [0.4, 0.5) is 10.5 Å². The van der Waals surface area contributed by atoms with Crippen molar-refractivity contribution in [2.45, 2.75) is 38.3 Å². The Morgan fingerprint density at radius 1 is 1.26 bits per heavy atom. The Bertz CT molecular complexity index is 454. The zero-order valence-electron chi connectivity index (χ0n) is 11.2. The van der Waals surface area contributed by atoms with Crippen LogP contribution >= 0.6 is 0 Å². The first-order chi connectivity index (χ1) is 9.34. The van der Waals surface area contributed by atoms with Gasteiger partial charge in [-0.3, -0.25) is 4.90 Å². The molecule has 0 radical (unpaired) electrons. The molecular weight excluding hydrogens is 238 g/mol. The van der Waals surface area contributed by atoms with E-state index in [-0.39, 0.29) is 6.03 Å². The maximum absolute atomic E-state index is 12.5. The molecule has 2 aliphatic rings. The highest BCUT2D eigenvalue weighted by Gasteiger charge is 2.24. The van der Waals surface area contributed by atoms with Crippen molar-refractivity contribution in [1.29, 1.82) is 0 Å². The van der Waals surface area contributed by atoms with Crippen molar-refractivity contribution in [3.8, 4) is 0 Å². The van der Waals surface area contributed by atoms with Crippen molar-refractivity contribution in [2.24, 2.45) is 0 Å². The maximum Gasteiger partial charge on any atom is 0.322 e. The van der Waals surface area contributed by atoms with Gasteiger partial charge < -0.3 is 10.6 Å². The number of anilines is 1. The summed E-state index contributed by atoms with van der Waals surface area (Å²) >= 11 is 0. The van der Waals surface area contributed by atoms with Crippen LogP contribution in [0.3, 0.4) is 0 Å². The van der Waals surface area contributed by atoms with Crippen LogP contribution in [0, 0.1) is 0 Å². The number of hydrogen-bond acceptors (Lipinski definition) is 2. The molecule has 19 heavy (non-hydrogen) atoms. The Morgan fingerprint density at radius 3 is 2.89 bits per heavy atom. The molecule has 4 heteroatoms. The van der Waals surface area contributed by atoms with Crippen LogP contribution in [-0.2, 0) is 6.54 Å². The van der Waals surface area contributed by atoms with Gasteiger partial charge in [0.25, 0.3) is 0 Å². The molecule has 0 saturated heterocycles. The highest BCUT2D eigenvalue weighted by molar-refractivity contribution is 5.93. The normalized spacial score (nSPS) is 19.9. The van der Waals surface area contributed by atoms with E-state index in [0.29, 0.717) is 6.04 Å². The third-order valence-electron chi connectivity index (χ3n) is 4.04. The lowest BCUT2D eigenvalue weighted by Crippen LogP contribution is -2.45. The second-order valence-corrected chi connectivity index (χ2v) is 5.39. The lowest BCUT2D eigenvalue weighted by atomic mass is 10.1. The van der Waals surface area contributed by atoms with Crippen molar-refractivity contribution in [1.82, 2.24) is 10.6 Å². The number of carbonyl (C=O) groups excluding carboxylic acids is 1. The fraction of sp³-hybridized carbons (Fsp3) is 0.533. The molecule has 102 valence electrons. The molecule has 0 aromatic heterocycles. The number of para-hydroxylation sites is 1. The molecule has 2 N–H and O–H groups in total. The summed E-state index contributed by atoms with van der Waals surface area (Å²) in [6.07, 6.45) is 4.73. The van der Waals surface area contributed by atoms with E-state index in [4.69, 9.17) is 0 Å². The van der Waals surface area contributed by atoms with Gasteiger partial charge in [-0.15, -0.1) is 0 Å². The smallest absolute Gasteiger partial charge is 0.322 e. The van der Waals surface area contributed by atoms with Crippen molar-refractivity contribution in [2.75, 3.05) is 18.0 Å². The molecule has 0 atom stereocenters. The first kappa shape index (κ1) is 12.5. The Balaban J connectivity index is 1.77. The number of rotatable bonds is 1. The van der Waals surface area contributed by atoms with Crippen LogP contribution in [0.5, 0.6) is 0 Å². The quantitative estimate of drug-likeness (QED) is 0.812. The maximum atomic E-state index is 12.5. The van der Waals surface area contributed by atoms with E-state index in [0.717, 1.165) is 38.2 Å². The summed E-state index contributed by atoms with van der Waals surface area (Å²) in [5.41, 5.74) is 2.24. The summed E-state index contributed by atoms with van der Waals surface area (Å²) in [5, 5.41) is 6.54. The number of hydrogen-bond donors (Lipinski definition) is 2. The second kappa shape index (κ2) is 5.61. The average molecular weight is 259 g/mol. The lowest BCUT2D eigenvalue weighted by Gasteiger charge is -2.25. The molecule has 1 aromatic rings. The summed E-state index contributed by atoms with van der Waals surface area (Å²) in [6, 6.07) is 8.58. The van der Waals surface area contributed by atoms with Gasteiger partial charge in [0.1, 0.15) is 0 Å². The Morgan fingerprint density at radius 2 is 2.05 bits per heavy atom. The van der Waals surface area contributed by atoms with E-state index in [2.05, 4.69) is 16.7 Å². The van der Waals surface area contributed by atoms with Crippen molar-refractivity contribution >= 4 is 11.7 Å². The van der Waals surface area contributed by atoms with E-state index in [1.54, 1.807) is 0 Å². The number of urea groups is 1. The molecule has 1 saturated carbocycles. The van der Waals surface area contributed by atoms with Gasteiger partial charge in [0, 0.05) is 31.4 Å². The van der Waals surface area contributed by atoms with Gasteiger partial charge in [-0.2, -0.15) is 0 Å². The molecule has 2 amide bonds. The van der Waals surface area contributed by atoms with Gasteiger partial charge in [-0.1, -0.05) is 31.0 Å². The number of fused-ring (bicyclic) bond motifs is 1. The predicted molar refractivity (Wildman–Crippen MR) is 76.3 cm³/mol. The molecule has 3 rings (SSSR count). The molecule has 1 aliphatic carbocycles. The number of nitrogens with zero attached hydrogens (tertiary/aromatic N) is 1. The number of carbonyl (C=O) groups is 1. The Hall–Kier alpha value is -1.55. The predicted octanol–water partition coefficient (Wildman–Crippen LogP) is 2.25. The van der Waals surface area contributed by atoms with Crippen LogP contribution < -0.4 is 15.5 Å². The molecular formula is C15H21N3O. The Labute approximate surface area is 114 Å². The Kier molecular flexibility index (Phi) is 3.69. The third kappa shape index (κ3) is 2.73. The molecule has 0 bridgehead atoms. The molecule has 1 aromatic carbocycles. The minimum Gasteiger partial charge on any atom is -0.335 e. The highest BCUT2D eigenvalue weighted by Crippen LogP contribution is 2.23. The van der Waals surface area contributed by atoms with E-state index >= 15 is 0 Å². The topological polar surface area (TPSA) is 44.4 Å². The van der Waals surface area contributed by atoms with Crippen LogP contribution in [0.25, 0.3) is 0 Å². The number of nitrogens with one attached hydrogen (secondary N) is 2. The summed E-state index contributed by atoms with van der Waals surface area (Å²) < 4.78 is 0. The van der Waals surface area contributed by atoms with Gasteiger partial charge in [0.2, 0.25) is 0 Å². The van der Waals surface area contributed by atoms with E-state index in [1.165, 1.54) is 18.4 Å². The molecule has 0 unspecified atom stereocenters. The van der Waals surface area contributed by atoms with Crippen LogP contribution in [0.1, 0.15) is 31.2 Å².